The van der Waals surface area contributed by atoms with Crippen molar-refractivity contribution in [3.63, 3.8) is 0 Å². The molecule has 1 N–H and O–H groups in total. The van der Waals surface area contributed by atoms with Crippen LogP contribution in [0.15, 0.2) is 36.4 Å². The summed E-state index contributed by atoms with van der Waals surface area (Å²) in [6.07, 6.45) is 0. The van der Waals surface area contributed by atoms with E-state index >= 15 is 0 Å². The summed E-state index contributed by atoms with van der Waals surface area (Å²) in [6, 6.07) is 7.28. The second-order valence-electron chi connectivity index (χ2n) is 3.30. The summed E-state index contributed by atoms with van der Waals surface area (Å²) in [4.78, 5) is 0. The number of hydrogen-bond acceptors (Lipinski definition) is 1. The number of benzene rings is 2. The second kappa shape index (κ2) is 3.89. The molecule has 0 aliphatic rings. The van der Waals surface area contributed by atoms with Crippen molar-refractivity contribution in [2.45, 2.75) is 0 Å². The Bertz CT molecular complexity index is 497. The largest absolute Gasteiger partial charge is 0.505 e. The summed E-state index contributed by atoms with van der Waals surface area (Å²) < 4.78 is 38.4. The van der Waals surface area contributed by atoms with Gasteiger partial charge in [-0.3, -0.25) is 0 Å². The Kier molecular flexibility index (Phi) is 2.56. The van der Waals surface area contributed by atoms with E-state index in [1.54, 1.807) is 0 Å². The van der Waals surface area contributed by atoms with Crippen molar-refractivity contribution >= 4 is 0 Å². The molecule has 2 aromatic carbocycles. The van der Waals surface area contributed by atoms with Gasteiger partial charge in [-0.25, -0.2) is 8.78 Å². The fraction of sp³-hybridized carbons (Fsp3) is 0. The first-order chi connectivity index (χ1) is 7.58. The molecule has 4 heteroatoms. The van der Waals surface area contributed by atoms with Crippen molar-refractivity contribution in [3.8, 4) is 16.9 Å². The zero-order valence-electron chi connectivity index (χ0n) is 8.05. The number of halogens is 3. The van der Waals surface area contributed by atoms with Crippen molar-refractivity contribution in [3.05, 3.63) is 53.8 Å². The molecule has 0 aliphatic heterocycles. The Labute approximate surface area is 89.8 Å². The van der Waals surface area contributed by atoms with Gasteiger partial charge >= 0.3 is 0 Å². The van der Waals surface area contributed by atoms with Crippen molar-refractivity contribution in [2.24, 2.45) is 0 Å². The van der Waals surface area contributed by atoms with Gasteiger partial charge in [-0.1, -0.05) is 12.1 Å². The molecule has 2 rings (SSSR count). The molecule has 0 aromatic heterocycles. The van der Waals surface area contributed by atoms with Crippen LogP contribution in [0, 0.1) is 17.5 Å². The smallest absolute Gasteiger partial charge is 0.200 e. The number of rotatable bonds is 1. The molecule has 0 atom stereocenters. The highest BCUT2D eigenvalue weighted by Crippen LogP contribution is 2.27. The Hall–Kier alpha value is -1.97. The lowest BCUT2D eigenvalue weighted by Crippen LogP contribution is -1.87. The topological polar surface area (TPSA) is 20.2 Å². The van der Waals surface area contributed by atoms with Gasteiger partial charge in [-0.15, -0.1) is 0 Å². The van der Waals surface area contributed by atoms with Crippen molar-refractivity contribution < 1.29 is 18.3 Å². The molecule has 0 saturated carbocycles. The maximum atomic E-state index is 13.0. The first-order valence-electron chi connectivity index (χ1n) is 4.52. The van der Waals surface area contributed by atoms with Crippen LogP contribution in [-0.4, -0.2) is 5.11 Å². The first kappa shape index (κ1) is 10.5. The minimum atomic E-state index is -1.29. The van der Waals surface area contributed by atoms with Crippen LogP contribution < -0.4 is 0 Å². The standard InChI is InChI=1S/C12H7F3O/c13-9-3-1-7(2-4-9)8-5-10(14)12(15)11(16)6-8/h1-6,16H. The molecule has 0 fully saturated rings. The zero-order chi connectivity index (χ0) is 11.7. The van der Waals surface area contributed by atoms with Crippen LogP contribution in [0.1, 0.15) is 0 Å². The maximum absolute atomic E-state index is 13.0. The van der Waals surface area contributed by atoms with Crippen LogP contribution in [0.25, 0.3) is 11.1 Å². The Morgan fingerprint density at radius 3 is 2.00 bits per heavy atom. The number of phenols is 1. The Balaban J connectivity index is 2.52. The lowest BCUT2D eigenvalue weighted by molar-refractivity contribution is 0.407. The van der Waals surface area contributed by atoms with Gasteiger partial charge < -0.3 is 5.11 Å². The molecule has 0 heterocycles. The van der Waals surface area contributed by atoms with E-state index in [1.807, 2.05) is 0 Å². The zero-order valence-corrected chi connectivity index (χ0v) is 8.05. The predicted octanol–water partition coefficient (Wildman–Crippen LogP) is 3.48. The minimum Gasteiger partial charge on any atom is -0.505 e. The highest BCUT2D eigenvalue weighted by atomic mass is 19.2. The summed E-state index contributed by atoms with van der Waals surface area (Å²) in [5.41, 5.74) is 0.784. The van der Waals surface area contributed by atoms with Gasteiger partial charge in [0.15, 0.2) is 17.4 Å². The molecule has 16 heavy (non-hydrogen) atoms. The molecule has 0 amide bonds. The van der Waals surface area contributed by atoms with Crippen LogP contribution in [0.3, 0.4) is 0 Å². The molecular formula is C12H7F3O. The van der Waals surface area contributed by atoms with E-state index in [0.29, 0.717) is 5.56 Å². The maximum Gasteiger partial charge on any atom is 0.200 e. The molecule has 0 unspecified atom stereocenters. The van der Waals surface area contributed by atoms with Gasteiger partial charge in [-0.05, 0) is 35.4 Å². The van der Waals surface area contributed by atoms with Crippen LogP contribution >= 0.6 is 0 Å². The summed E-state index contributed by atoms with van der Waals surface area (Å²) in [5.74, 6) is -3.61. The van der Waals surface area contributed by atoms with E-state index in [2.05, 4.69) is 0 Å². The number of hydrogen-bond donors (Lipinski definition) is 1. The normalized spacial score (nSPS) is 10.4. The quantitative estimate of drug-likeness (QED) is 0.786. The van der Waals surface area contributed by atoms with Gasteiger partial charge in [0.2, 0.25) is 0 Å². The SMILES string of the molecule is Oc1cc(-c2ccc(F)cc2)cc(F)c1F. The monoisotopic (exact) mass is 224 g/mol. The van der Waals surface area contributed by atoms with E-state index in [9.17, 15) is 13.2 Å². The fourth-order valence-electron chi connectivity index (χ4n) is 1.38. The van der Waals surface area contributed by atoms with Gasteiger partial charge in [0, 0.05) is 0 Å². The van der Waals surface area contributed by atoms with E-state index in [4.69, 9.17) is 5.11 Å². The predicted molar refractivity (Wildman–Crippen MR) is 53.4 cm³/mol. The van der Waals surface area contributed by atoms with Gasteiger partial charge in [0.25, 0.3) is 0 Å². The molecule has 0 spiro atoms. The van der Waals surface area contributed by atoms with Crippen molar-refractivity contribution in [2.75, 3.05) is 0 Å². The third-order valence-corrected chi connectivity index (χ3v) is 2.19. The molecule has 0 saturated heterocycles. The minimum absolute atomic E-state index is 0.288. The van der Waals surface area contributed by atoms with Crippen LogP contribution in [0.4, 0.5) is 13.2 Å². The highest BCUT2D eigenvalue weighted by Gasteiger charge is 2.10. The number of aromatic hydroxyl groups is 1. The molecule has 0 radical (unpaired) electrons. The summed E-state index contributed by atoms with van der Waals surface area (Å²) in [6.45, 7) is 0. The second-order valence-corrected chi connectivity index (χ2v) is 3.30. The fourth-order valence-corrected chi connectivity index (χ4v) is 1.38. The number of phenolic OH excluding ortho intramolecular Hbond substituents is 1. The third kappa shape index (κ3) is 1.86. The van der Waals surface area contributed by atoms with Crippen LogP contribution in [0.2, 0.25) is 0 Å². The molecule has 0 bridgehead atoms. The lowest BCUT2D eigenvalue weighted by atomic mass is 10.1. The lowest BCUT2D eigenvalue weighted by Gasteiger charge is -2.04. The summed E-state index contributed by atoms with van der Waals surface area (Å²) in [5, 5.41) is 9.11. The molecule has 0 aliphatic carbocycles. The van der Waals surface area contributed by atoms with E-state index < -0.39 is 23.2 Å². The van der Waals surface area contributed by atoms with E-state index in [1.165, 1.54) is 24.3 Å². The van der Waals surface area contributed by atoms with E-state index in [-0.39, 0.29) is 5.56 Å². The average molecular weight is 224 g/mol. The van der Waals surface area contributed by atoms with Crippen LogP contribution in [0.5, 0.6) is 5.75 Å². The van der Waals surface area contributed by atoms with Crippen molar-refractivity contribution in [1.29, 1.82) is 0 Å². The first-order valence-corrected chi connectivity index (χ1v) is 4.52. The van der Waals surface area contributed by atoms with Gasteiger partial charge in [0.1, 0.15) is 5.82 Å². The Morgan fingerprint density at radius 2 is 1.44 bits per heavy atom. The molecule has 1 nitrogen and oxygen atoms in total. The molecular weight excluding hydrogens is 217 g/mol. The van der Waals surface area contributed by atoms with Crippen molar-refractivity contribution in [1.82, 2.24) is 0 Å². The van der Waals surface area contributed by atoms with Gasteiger partial charge in [-0.2, -0.15) is 4.39 Å². The molecule has 2 aromatic rings. The molecule has 82 valence electrons. The highest BCUT2D eigenvalue weighted by molar-refractivity contribution is 5.65. The van der Waals surface area contributed by atoms with Crippen LogP contribution in [-0.2, 0) is 0 Å². The van der Waals surface area contributed by atoms with E-state index in [0.717, 1.165) is 12.1 Å². The average Bonchev–Trinajstić information content (AvgIpc) is 2.26. The van der Waals surface area contributed by atoms with Gasteiger partial charge in [0.05, 0.1) is 0 Å². The third-order valence-electron chi connectivity index (χ3n) is 2.19. The summed E-state index contributed by atoms with van der Waals surface area (Å²) in [7, 11) is 0. The Morgan fingerprint density at radius 1 is 0.812 bits per heavy atom. The summed E-state index contributed by atoms with van der Waals surface area (Å²) >= 11 is 0.